The minimum absolute atomic E-state index is 0.183. The topological polar surface area (TPSA) is 110 Å². The Bertz CT molecular complexity index is 866. The number of aliphatic hydroxyl groups excluding tert-OH is 1. The maximum Gasteiger partial charge on any atom is 0.255 e. The number of amides is 3. The van der Waals surface area contributed by atoms with E-state index in [4.69, 9.17) is 5.11 Å². The number of aliphatic hydroxyl groups is 1. The summed E-state index contributed by atoms with van der Waals surface area (Å²) in [6.45, 7) is 4.89. The van der Waals surface area contributed by atoms with Crippen molar-refractivity contribution < 1.29 is 24.3 Å². The van der Waals surface area contributed by atoms with Gasteiger partial charge in [-0.25, -0.2) is 0 Å². The molecule has 9 heteroatoms. The molecule has 2 aliphatic rings. The molecule has 0 aliphatic carbocycles. The van der Waals surface area contributed by atoms with Crippen molar-refractivity contribution in [3.05, 3.63) is 29.3 Å². The monoisotopic (exact) mass is 458 g/mol. The summed E-state index contributed by atoms with van der Waals surface area (Å²) in [4.78, 5) is 54.3. The molecule has 33 heavy (non-hydrogen) atoms. The number of nitrogens with one attached hydrogen (secondary N) is 1. The fraction of sp³-hybridized carbons (Fsp3) is 0.583. The van der Waals surface area contributed by atoms with Gasteiger partial charge in [0.25, 0.3) is 5.91 Å². The van der Waals surface area contributed by atoms with Crippen molar-refractivity contribution in [1.29, 1.82) is 0 Å². The van der Waals surface area contributed by atoms with Gasteiger partial charge in [0, 0.05) is 57.5 Å². The summed E-state index contributed by atoms with van der Waals surface area (Å²) >= 11 is 0. The molecule has 0 saturated carbocycles. The first-order chi connectivity index (χ1) is 15.9. The Balaban J connectivity index is 1.58. The van der Waals surface area contributed by atoms with Crippen LogP contribution < -0.4 is 10.2 Å². The smallest absolute Gasteiger partial charge is 0.255 e. The van der Waals surface area contributed by atoms with Crippen LogP contribution in [0, 0.1) is 0 Å². The average molecular weight is 459 g/mol. The fourth-order valence-corrected chi connectivity index (χ4v) is 4.45. The number of piperidine rings is 1. The molecule has 1 atom stereocenters. The van der Waals surface area contributed by atoms with E-state index in [1.807, 2.05) is 6.07 Å². The molecular formula is C24H34N4O5. The van der Waals surface area contributed by atoms with Gasteiger partial charge in [-0.2, -0.15) is 0 Å². The molecule has 2 N–H and O–H groups in total. The van der Waals surface area contributed by atoms with Crippen LogP contribution in [0.4, 0.5) is 5.69 Å². The highest BCUT2D eigenvalue weighted by Crippen LogP contribution is 2.23. The van der Waals surface area contributed by atoms with Gasteiger partial charge in [-0.15, -0.1) is 0 Å². The van der Waals surface area contributed by atoms with Gasteiger partial charge >= 0.3 is 0 Å². The van der Waals surface area contributed by atoms with E-state index in [1.54, 1.807) is 12.1 Å². The zero-order chi connectivity index (χ0) is 23.8. The molecule has 1 aromatic carbocycles. The molecule has 2 aliphatic heterocycles. The standard InChI is InChI=1S/C24H34N4O5/c1-26(21-8-9-22(31)25-23(21)32)24(33)20-7-6-19(16-18(20)17-30)28-13-11-27(12-14-28)10-4-2-3-5-15-29/h6-7,16-17,21,29H,2-5,8-15H2,1H3,(H,25,31,32). The molecule has 0 radical (unpaired) electrons. The predicted molar refractivity (Wildman–Crippen MR) is 124 cm³/mol. The minimum atomic E-state index is -0.730. The van der Waals surface area contributed by atoms with Crippen molar-refractivity contribution in [2.24, 2.45) is 0 Å². The number of anilines is 1. The SMILES string of the molecule is CN(C(=O)c1ccc(N2CCN(CCCCCCO)CC2)cc1C=O)C1CCC(=O)NC1=O. The second-order valence-electron chi connectivity index (χ2n) is 8.74. The van der Waals surface area contributed by atoms with Crippen molar-refractivity contribution >= 4 is 29.7 Å². The molecule has 0 spiro atoms. The van der Waals surface area contributed by atoms with Gasteiger partial charge in [-0.3, -0.25) is 29.4 Å². The molecule has 9 nitrogen and oxygen atoms in total. The Morgan fingerprint density at radius 3 is 2.55 bits per heavy atom. The quantitative estimate of drug-likeness (QED) is 0.306. The Kier molecular flexibility index (Phi) is 8.96. The molecule has 2 fully saturated rings. The lowest BCUT2D eigenvalue weighted by Crippen LogP contribution is -2.53. The number of imide groups is 1. The molecule has 1 unspecified atom stereocenters. The van der Waals surface area contributed by atoms with Crippen LogP contribution in [0.15, 0.2) is 18.2 Å². The third-order valence-electron chi connectivity index (χ3n) is 6.51. The lowest BCUT2D eigenvalue weighted by molar-refractivity contribution is -0.136. The van der Waals surface area contributed by atoms with E-state index < -0.39 is 17.9 Å². The van der Waals surface area contributed by atoms with Gasteiger partial charge in [0.1, 0.15) is 6.04 Å². The van der Waals surface area contributed by atoms with Crippen LogP contribution in [-0.2, 0) is 9.59 Å². The van der Waals surface area contributed by atoms with E-state index in [-0.39, 0.29) is 30.9 Å². The molecule has 2 heterocycles. The Morgan fingerprint density at radius 2 is 1.88 bits per heavy atom. The van der Waals surface area contributed by atoms with Gasteiger partial charge in [0.05, 0.1) is 5.56 Å². The third kappa shape index (κ3) is 6.39. The first kappa shape index (κ1) is 24.9. The summed E-state index contributed by atoms with van der Waals surface area (Å²) in [6.07, 6.45) is 5.33. The second kappa shape index (κ2) is 11.9. The first-order valence-corrected chi connectivity index (χ1v) is 11.7. The number of unbranched alkanes of at least 4 members (excludes halogenated alkanes) is 3. The van der Waals surface area contributed by atoms with Crippen molar-refractivity contribution in [3.8, 4) is 0 Å². The van der Waals surface area contributed by atoms with Crippen molar-refractivity contribution in [2.75, 3.05) is 51.3 Å². The zero-order valence-corrected chi connectivity index (χ0v) is 19.3. The van der Waals surface area contributed by atoms with Gasteiger partial charge in [0.2, 0.25) is 11.8 Å². The summed E-state index contributed by atoms with van der Waals surface area (Å²) in [6, 6.07) is 4.51. The highest BCUT2D eigenvalue weighted by atomic mass is 16.3. The lowest BCUT2D eigenvalue weighted by atomic mass is 10.0. The summed E-state index contributed by atoms with van der Waals surface area (Å²) < 4.78 is 0. The van der Waals surface area contributed by atoms with Crippen LogP contribution >= 0.6 is 0 Å². The van der Waals surface area contributed by atoms with E-state index in [0.29, 0.717) is 11.8 Å². The van der Waals surface area contributed by atoms with Crippen LogP contribution in [-0.4, -0.2) is 91.3 Å². The number of aldehydes is 1. The van der Waals surface area contributed by atoms with Gasteiger partial charge in [-0.1, -0.05) is 12.8 Å². The molecule has 3 amide bonds. The molecule has 0 bridgehead atoms. The third-order valence-corrected chi connectivity index (χ3v) is 6.51. The predicted octanol–water partition coefficient (Wildman–Crippen LogP) is 1.05. The molecule has 2 saturated heterocycles. The number of carbonyl (C=O) groups is 4. The molecule has 0 aromatic heterocycles. The largest absolute Gasteiger partial charge is 0.396 e. The van der Waals surface area contributed by atoms with E-state index >= 15 is 0 Å². The summed E-state index contributed by atoms with van der Waals surface area (Å²) in [7, 11) is 1.52. The lowest BCUT2D eigenvalue weighted by Gasteiger charge is -2.36. The first-order valence-electron chi connectivity index (χ1n) is 11.7. The number of rotatable bonds is 10. The molecular weight excluding hydrogens is 424 g/mol. The van der Waals surface area contributed by atoms with Crippen LogP contribution in [0.5, 0.6) is 0 Å². The highest BCUT2D eigenvalue weighted by molar-refractivity contribution is 6.06. The number of hydrogen-bond acceptors (Lipinski definition) is 7. The molecule has 3 rings (SSSR count). The van der Waals surface area contributed by atoms with E-state index in [1.165, 1.54) is 11.9 Å². The van der Waals surface area contributed by atoms with Crippen LogP contribution in [0.2, 0.25) is 0 Å². The van der Waals surface area contributed by atoms with Crippen LogP contribution in [0.3, 0.4) is 0 Å². The molecule has 180 valence electrons. The number of piperazine rings is 1. The normalized spacial score (nSPS) is 19.3. The molecule has 1 aromatic rings. The Hall–Kier alpha value is -2.78. The minimum Gasteiger partial charge on any atom is -0.396 e. The van der Waals surface area contributed by atoms with Crippen molar-refractivity contribution in [3.63, 3.8) is 0 Å². The number of nitrogens with zero attached hydrogens (tertiary/aromatic N) is 3. The second-order valence-corrected chi connectivity index (χ2v) is 8.74. The van der Waals surface area contributed by atoms with Crippen LogP contribution in [0.25, 0.3) is 0 Å². The van der Waals surface area contributed by atoms with Gasteiger partial charge in [-0.05, 0) is 44.0 Å². The fourth-order valence-electron chi connectivity index (χ4n) is 4.45. The van der Waals surface area contributed by atoms with E-state index in [0.717, 1.165) is 64.1 Å². The number of likely N-dealkylation sites (N-methyl/N-ethyl adjacent to an activating group) is 1. The van der Waals surface area contributed by atoms with Gasteiger partial charge < -0.3 is 14.9 Å². The zero-order valence-electron chi connectivity index (χ0n) is 19.3. The summed E-state index contributed by atoms with van der Waals surface area (Å²) in [5.41, 5.74) is 1.45. The maximum atomic E-state index is 13.0. The average Bonchev–Trinajstić information content (AvgIpc) is 2.83. The summed E-state index contributed by atoms with van der Waals surface area (Å²) in [5.74, 6) is -1.24. The van der Waals surface area contributed by atoms with Crippen LogP contribution in [0.1, 0.15) is 59.2 Å². The number of benzene rings is 1. The van der Waals surface area contributed by atoms with Crippen molar-refractivity contribution in [1.82, 2.24) is 15.1 Å². The van der Waals surface area contributed by atoms with Gasteiger partial charge in [0.15, 0.2) is 6.29 Å². The number of carbonyl (C=O) groups excluding carboxylic acids is 4. The summed E-state index contributed by atoms with van der Waals surface area (Å²) in [5, 5.41) is 11.1. The Morgan fingerprint density at radius 1 is 1.15 bits per heavy atom. The highest BCUT2D eigenvalue weighted by Gasteiger charge is 2.33. The maximum absolute atomic E-state index is 13.0. The van der Waals surface area contributed by atoms with E-state index in [9.17, 15) is 19.2 Å². The Labute approximate surface area is 194 Å². The number of hydrogen-bond donors (Lipinski definition) is 2. The van der Waals surface area contributed by atoms with E-state index in [2.05, 4.69) is 15.1 Å². The van der Waals surface area contributed by atoms with Crippen molar-refractivity contribution in [2.45, 2.75) is 44.6 Å².